The van der Waals surface area contributed by atoms with Crippen molar-refractivity contribution in [1.82, 2.24) is 9.88 Å². The number of amidine groups is 2. The van der Waals surface area contributed by atoms with Crippen LogP contribution in [0, 0.1) is 0 Å². The van der Waals surface area contributed by atoms with E-state index in [1.165, 1.54) is 43.5 Å². The van der Waals surface area contributed by atoms with Crippen LogP contribution in [0.15, 0.2) is 201 Å². The fraction of sp³-hybridized carbons (Fsp3) is 0.0588. The van der Waals surface area contributed by atoms with Crippen molar-refractivity contribution in [1.29, 1.82) is 0 Å². The molecule has 0 fully saturated rings. The largest absolute Gasteiger partial charge is 0.455 e. The van der Waals surface area contributed by atoms with Crippen molar-refractivity contribution in [2.45, 2.75) is 22.2 Å². The molecule has 0 saturated carbocycles. The summed E-state index contributed by atoms with van der Waals surface area (Å²) in [4.78, 5) is 11.6. The summed E-state index contributed by atoms with van der Waals surface area (Å²) in [5.74, 6) is 1.85. The number of aromatic nitrogens is 1. The molecule has 2 aromatic heterocycles. The van der Waals surface area contributed by atoms with E-state index in [9.17, 15) is 0 Å². The van der Waals surface area contributed by atoms with Crippen LogP contribution < -0.4 is 5.32 Å². The Labute approximate surface area is 333 Å². The first-order valence-corrected chi connectivity index (χ1v) is 20.3. The fourth-order valence-electron chi connectivity index (χ4n) is 9.02. The number of rotatable bonds is 5. The van der Waals surface area contributed by atoms with Crippen molar-refractivity contribution in [2.24, 2.45) is 9.98 Å². The molecular formula is C51H34N4OS. The van der Waals surface area contributed by atoms with E-state index in [4.69, 9.17) is 14.4 Å². The molecular weight excluding hydrogens is 717 g/mol. The summed E-state index contributed by atoms with van der Waals surface area (Å²) >= 11 is 1.98. The normalized spacial score (nSPS) is 17.7. The van der Waals surface area contributed by atoms with Gasteiger partial charge in [-0.05, 0) is 35.4 Å². The third-order valence-electron chi connectivity index (χ3n) is 11.6. The minimum absolute atomic E-state index is 0.232. The number of thioether (sulfide) groups is 1. The second-order valence-corrected chi connectivity index (χ2v) is 16.0. The molecule has 0 bridgehead atoms. The van der Waals surface area contributed by atoms with Gasteiger partial charge in [-0.2, -0.15) is 0 Å². The lowest BCUT2D eigenvalue weighted by molar-refractivity contribution is 0.666. The lowest BCUT2D eigenvalue weighted by Crippen LogP contribution is -2.35. The number of allylic oxidation sites excluding steroid dienone is 3. The van der Waals surface area contributed by atoms with Gasteiger partial charge in [0.2, 0.25) is 0 Å². The van der Waals surface area contributed by atoms with Gasteiger partial charge in [0.05, 0.1) is 16.3 Å². The number of nitrogens with zero attached hydrogens (tertiary/aromatic N) is 3. The summed E-state index contributed by atoms with van der Waals surface area (Å²) in [5.41, 5.74) is 12.2. The van der Waals surface area contributed by atoms with E-state index < -0.39 is 6.17 Å². The zero-order valence-corrected chi connectivity index (χ0v) is 31.5. The van der Waals surface area contributed by atoms with Gasteiger partial charge in [0.15, 0.2) is 6.17 Å². The highest BCUT2D eigenvalue weighted by atomic mass is 32.2. The minimum Gasteiger partial charge on any atom is -0.455 e. The monoisotopic (exact) mass is 750 g/mol. The first kappa shape index (κ1) is 32.4. The molecule has 9 aromatic rings. The number of furan rings is 1. The van der Waals surface area contributed by atoms with Crippen LogP contribution in [0.1, 0.15) is 34.3 Å². The predicted molar refractivity (Wildman–Crippen MR) is 236 cm³/mol. The van der Waals surface area contributed by atoms with Crippen molar-refractivity contribution in [2.75, 3.05) is 0 Å². The van der Waals surface area contributed by atoms with Crippen molar-refractivity contribution in [3.8, 4) is 11.1 Å². The minimum atomic E-state index is -0.435. The van der Waals surface area contributed by atoms with Crippen LogP contribution in [0.5, 0.6) is 0 Å². The van der Waals surface area contributed by atoms with Gasteiger partial charge in [0.1, 0.15) is 22.8 Å². The van der Waals surface area contributed by atoms with Gasteiger partial charge in [-0.1, -0.05) is 158 Å². The molecule has 2 atom stereocenters. The molecule has 5 nitrogen and oxygen atoms in total. The first-order valence-electron chi connectivity index (χ1n) is 19.4. The molecule has 3 aliphatic rings. The number of para-hydroxylation sites is 3. The summed E-state index contributed by atoms with van der Waals surface area (Å²) in [5, 5.41) is 8.49. The van der Waals surface area contributed by atoms with E-state index in [2.05, 4.69) is 156 Å². The van der Waals surface area contributed by atoms with E-state index in [-0.39, 0.29) is 11.2 Å². The van der Waals surface area contributed by atoms with Crippen molar-refractivity contribution in [3.63, 3.8) is 0 Å². The van der Waals surface area contributed by atoms with Gasteiger partial charge in [-0.3, -0.25) is 0 Å². The Morgan fingerprint density at radius 1 is 0.579 bits per heavy atom. The van der Waals surface area contributed by atoms with E-state index in [1.54, 1.807) is 0 Å². The lowest BCUT2D eigenvalue weighted by atomic mass is 9.88. The maximum absolute atomic E-state index is 6.90. The van der Waals surface area contributed by atoms with E-state index in [0.29, 0.717) is 0 Å². The molecule has 2 aliphatic heterocycles. The van der Waals surface area contributed by atoms with Crippen molar-refractivity contribution >= 4 is 72.9 Å². The molecule has 270 valence electrons. The van der Waals surface area contributed by atoms with Gasteiger partial charge < -0.3 is 14.3 Å². The smallest absolute Gasteiger partial charge is 0.169 e. The Hall–Kier alpha value is -6.89. The number of hydrogen-bond acceptors (Lipinski definition) is 5. The lowest BCUT2D eigenvalue weighted by Gasteiger charge is -2.25. The van der Waals surface area contributed by atoms with E-state index >= 15 is 0 Å². The van der Waals surface area contributed by atoms with Gasteiger partial charge in [0, 0.05) is 60.3 Å². The number of fused-ring (bicyclic) bond motifs is 9. The molecule has 1 aliphatic carbocycles. The van der Waals surface area contributed by atoms with E-state index in [1.807, 2.05) is 48.2 Å². The van der Waals surface area contributed by atoms with Crippen LogP contribution in [0.2, 0.25) is 0 Å². The third-order valence-corrected chi connectivity index (χ3v) is 13.1. The molecule has 0 amide bonds. The Kier molecular flexibility index (Phi) is 7.29. The second-order valence-electron chi connectivity index (χ2n) is 14.9. The maximum Gasteiger partial charge on any atom is 0.169 e. The zero-order valence-electron chi connectivity index (χ0n) is 30.7. The molecule has 6 heteroatoms. The van der Waals surface area contributed by atoms with Gasteiger partial charge in [-0.15, -0.1) is 11.8 Å². The number of benzene rings is 7. The van der Waals surface area contributed by atoms with Crippen molar-refractivity contribution in [3.05, 3.63) is 204 Å². The van der Waals surface area contributed by atoms with Gasteiger partial charge in [-0.25, -0.2) is 9.98 Å². The second kappa shape index (κ2) is 12.8. The highest BCUT2D eigenvalue weighted by Crippen LogP contribution is 2.56. The van der Waals surface area contributed by atoms with E-state index in [0.717, 1.165) is 55.9 Å². The first-order chi connectivity index (χ1) is 28.3. The predicted octanol–water partition coefficient (Wildman–Crippen LogP) is 12.5. The van der Waals surface area contributed by atoms with Gasteiger partial charge >= 0.3 is 0 Å². The highest BCUT2D eigenvalue weighted by molar-refractivity contribution is 8.00. The molecule has 1 N–H and O–H groups in total. The fourth-order valence-corrected chi connectivity index (χ4v) is 10.6. The molecule has 57 heavy (non-hydrogen) atoms. The van der Waals surface area contributed by atoms with Crippen LogP contribution >= 0.6 is 11.8 Å². The number of nitrogens with one attached hydrogen (secondary N) is 1. The summed E-state index contributed by atoms with van der Waals surface area (Å²) < 4.78 is 9.39. The molecule has 0 radical (unpaired) electrons. The zero-order chi connectivity index (χ0) is 37.5. The summed E-state index contributed by atoms with van der Waals surface area (Å²) in [6.45, 7) is 0. The number of hydrogen-bond donors (Lipinski definition) is 1. The van der Waals surface area contributed by atoms with Crippen LogP contribution in [0.3, 0.4) is 0 Å². The maximum atomic E-state index is 6.90. The van der Waals surface area contributed by atoms with Crippen LogP contribution in [0.4, 0.5) is 0 Å². The molecule has 12 rings (SSSR count). The molecule has 7 aromatic carbocycles. The van der Waals surface area contributed by atoms with Crippen LogP contribution in [-0.4, -0.2) is 21.5 Å². The quantitative estimate of drug-likeness (QED) is 0.191. The summed E-state index contributed by atoms with van der Waals surface area (Å²) in [6, 6.07) is 57.8. The average molecular weight is 751 g/mol. The molecule has 4 heterocycles. The summed E-state index contributed by atoms with van der Waals surface area (Å²) in [7, 11) is 0. The standard InChI is InChI=1S/C51H34N4OS/c1-3-14-31(15-4-1)49-52-50(32-16-5-2-6-17-32)54-51(53-49)33-28-29-36-37-20-11-21-38(46(37)56-45(36)30-33)39-22-12-23-40-41-24-13-27-44(48(41)57-47(39)40)55-42-25-9-7-18-34(42)35-19-8-10-26-43(35)55/h1-30,41,48,51H,(H,52,53,54). The van der Waals surface area contributed by atoms with Gasteiger partial charge in [0.25, 0.3) is 0 Å². The van der Waals surface area contributed by atoms with Crippen LogP contribution in [-0.2, 0) is 0 Å². The molecule has 0 saturated heterocycles. The molecule has 2 unspecified atom stereocenters. The number of aliphatic imine (C=N–C) groups is 2. The third kappa shape index (κ3) is 5.11. The van der Waals surface area contributed by atoms with Crippen LogP contribution in [0.25, 0.3) is 60.6 Å². The topological polar surface area (TPSA) is 54.8 Å². The average Bonchev–Trinajstić information content (AvgIpc) is 3.96. The Morgan fingerprint density at radius 2 is 1.21 bits per heavy atom. The Bertz CT molecular complexity index is 3100. The Balaban J connectivity index is 0.948. The summed E-state index contributed by atoms with van der Waals surface area (Å²) in [6.07, 6.45) is 6.52. The van der Waals surface area contributed by atoms with Crippen molar-refractivity contribution < 1.29 is 4.42 Å². The Morgan fingerprint density at radius 3 is 1.93 bits per heavy atom. The highest BCUT2D eigenvalue weighted by Gasteiger charge is 2.38. The SMILES string of the molecule is C1=CC2c3cccc(-c4cccc5c4oc4cc(C6N=C(c7ccccc7)NC(c7ccccc7)=N6)ccc45)c3SC2C(n2c3ccccc3c3ccccc32)=C1. The molecule has 0 spiro atoms.